The van der Waals surface area contributed by atoms with E-state index in [2.05, 4.69) is 9.98 Å². The first kappa shape index (κ1) is 7.66. The maximum Gasteiger partial charge on any atom is 0.250 e. The average molecular weight is 192 g/mol. The zero-order valence-corrected chi connectivity index (χ0v) is 7.43. The summed E-state index contributed by atoms with van der Waals surface area (Å²) < 4.78 is 0. The third-order valence-corrected chi connectivity index (χ3v) is 2.62. The van der Waals surface area contributed by atoms with Gasteiger partial charge in [0.05, 0.1) is 13.1 Å². The van der Waals surface area contributed by atoms with E-state index >= 15 is 0 Å². The summed E-state index contributed by atoms with van der Waals surface area (Å²) in [5, 5.41) is 0. The van der Waals surface area contributed by atoms with Gasteiger partial charge in [0, 0.05) is 0 Å². The van der Waals surface area contributed by atoms with Gasteiger partial charge in [0.1, 0.15) is 24.8 Å². The largest absolute Gasteiger partial charge is 0.290 e. The molecule has 0 atom stereocenters. The van der Waals surface area contributed by atoms with Crippen molar-refractivity contribution in [1.29, 1.82) is 0 Å². The molecule has 6 nitrogen and oxygen atoms in total. The van der Waals surface area contributed by atoms with Crippen molar-refractivity contribution in [1.82, 2.24) is 9.80 Å². The van der Waals surface area contributed by atoms with Gasteiger partial charge in [-0.25, -0.2) is 0 Å². The fourth-order valence-corrected chi connectivity index (χ4v) is 1.86. The van der Waals surface area contributed by atoms with Crippen molar-refractivity contribution >= 4 is 23.5 Å². The molecular weight excluding hydrogens is 184 g/mol. The van der Waals surface area contributed by atoms with E-state index in [9.17, 15) is 9.59 Å². The molecule has 3 heterocycles. The van der Waals surface area contributed by atoms with Crippen molar-refractivity contribution in [3.63, 3.8) is 0 Å². The summed E-state index contributed by atoms with van der Waals surface area (Å²) in [5.74, 6) is 1.40. The van der Waals surface area contributed by atoms with Crippen LogP contribution in [0.5, 0.6) is 0 Å². The number of carbonyl (C=O) groups is 2. The molecule has 2 amide bonds. The van der Waals surface area contributed by atoms with E-state index in [1.54, 1.807) is 9.80 Å². The Kier molecular flexibility index (Phi) is 1.31. The minimum Gasteiger partial charge on any atom is -0.290 e. The molecule has 1 fully saturated rings. The smallest absolute Gasteiger partial charge is 0.250 e. The zero-order chi connectivity index (χ0) is 9.71. The number of piperazine rings is 1. The van der Waals surface area contributed by atoms with Crippen LogP contribution in [0.15, 0.2) is 9.98 Å². The van der Waals surface area contributed by atoms with Crippen molar-refractivity contribution in [2.24, 2.45) is 9.98 Å². The van der Waals surface area contributed by atoms with Gasteiger partial charge < -0.3 is 0 Å². The van der Waals surface area contributed by atoms with Gasteiger partial charge in [-0.3, -0.25) is 29.4 Å². The van der Waals surface area contributed by atoms with Crippen LogP contribution in [0.25, 0.3) is 0 Å². The summed E-state index contributed by atoms with van der Waals surface area (Å²) in [6.07, 6.45) is 0. The molecule has 0 aromatic carbocycles. The number of hydrogen-bond donors (Lipinski definition) is 0. The molecule has 6 heteroatoms. The van der Waals surface area contributed by atoms with Crippen molar-refractivity contribution in [3.8, 4) is 0 Å². The summed E-state index contributed by atoms with van der Waals surface area (Å²) in [6.45, 7) is 1.24. The van der Waals surface area contributed by atoms with Gasteiger partial charge in [0.2, 0.25) is 11.8 Å². The van der Waals surface area contributed by atoms with E-state index in [-0.39, 0.29) is 24.9 Å². The van der Waals surface area contributed by atoms with Crippen molar-refractivity contribution in [2.45, 2.75) is 0 Å². The highest BCUT2D eigenvalue weighted by Gasteiger charge is 2.38. The number of hydrogen-bond acceptors (Lipinski definition) is 4. The zero-order valence-electron chi connectivity index (χ0n) is 7.43. The monoisotopic (exact) mass is 192 g/mol. The Hall–Kier alpha value is -1.72. The Balaban J connectivity index is 1.94. The van der Waals surface area contributed by atoms with E-state index in [1.165, 1.54) is 0 Å². The quantitative estimate of drug-likeness (QED) is 0.468. The molecule has 0 spiro atoms. The summed E-state index contributed by atoms with van der Waals surface area (Å²) in [6, 6.07) is 0. The number of aliphatic imine (C=N–C) groups is 2. The fourth-order valence-electron chi connectivity index (χ4n) is 1.86. The lowest BCUT2D eigenvalue weighted by atomic mass is 10.3. The van der Waals surface area contributed by atoms with Crippen LogP contribution in [0.2, 0.25) is 0 Å². The van der Waals surface area contributed by atoms with Gasteiger partial charge >= 0.3 is 0 Å². The van der Waals surface area contributed by atoms with Crippen LogP contribution < -0.4 is 0 Å². The average Bonchev–Trinajstić information content (AvgIpc) is 2.71. The predicted molar refractivity (Wildman–Crippen MR) is 48.0 cm³/mol. The number of amidine groups is 2. The molecule has 0 aromatic rings. The van der Waals surface area contributed by atoms with Crippen molar-refractivity contribution < 1.29 is 9.59 Å². The van der Waals surface area contributed by atoms with E-state index < -0.39 is 0 Å². The number of nitrogens with zero attached hydrogens (tertiary/aromatic N) is 4. The Morgan fingerprint density at radius 2 is 1.29 bits per heavy atom. The van der Waals surface area contributed by atoms with Gasteiger partial charge in [-0.05, 0) is 0 Å². The molecule has 3 aliphatic rings. The van der Waals surface area contributed by atoms with Crippen LogP contribution in [0, 0.1) is 0 Å². The van der Waals surface area contributed by atoms with Crippen LogP contribution in [0.3, 0.4) is 0 Å². The minimum atomic E-state index is 0.00157. The normalized spacial score (nSPS) is 24.9. The maximum absolute atomic E-state index is 11.3. The van der Waals surface area contributed by atoms with Gasteiger partial charge in [-0.1, -0.05) is 0 Å². The highest BCUT2D eigenvalue weighted by atomic mass is 16.2. The van der Waals surface area contributed by atoms with Gasteiger partial charge in [0.25, 0.3) is 0 Å². The second-order valence-corrected chi connectivity index (χ2v) is 3.42. The first-order valence-electron chi connectivity index (χ1n) is 4.43. The molecule has 0 saturated carbocycles. The summed E-state index contributed by atoms with van der Waals surface area (Å²) in [7, 11) is 0. The topological polar surface area (TPSA) is 65.3 Å². The van der Waals surface area contributed by atoms with Gasteiger partial charge in [-0.15, -0.1) is 0 Å². The van der Waals surface area contributed by atoms with Crippen molar-refractivity contribution in [3.05, 3.63) is 0 Å². The molecule has 0 aromatic heterocycles. The number of carbonyl (C=O) groups excluding carboxylic acids is 2. The van der Waals surface area contributed by atoms with Gasteiger partial charge in [0.15, 0.2) is 0 Å². The first-order chi connectivity index (χ1) is 6.75. The Bertz CT molecular complexity index is 360. The van der Waals surface area contributed by atoms with E-state index in [0.29, 0.717) is 24.8 Å². The Morgan fingerprint density at radius 3 is 1.71 bits per heavy atom. The predicted octanol–water partition coefficient (Wildman–Crippen LogP) is -1.52. The number of amides is 2. The number of rotatable bonds is 0. The third-order valence-electron chi connectivity index (χ3n) is 2.62. The third kappa shape index (κ3) is 0.850. The number of fused-ring (bicyclic) bond motifs is 2. The van der Waals surface area contributed by atoms with Crippen LogP contribution in [-0.4, -0.2) is 59.5 Å². The molecule has 3 aliphatic heterocycles. The molecule has 1 saturated heterocycles. The highest BCUT2D eigenvalue weighted by Crippen LogP contribution is 2.16. The SMILES string of the molecule is O=C1CN=C2CN3C(=O)CN=C3CN12. The molecule has 0 N–H and O–H groups in total. The lowest BCUT2D eigenvalue weighted by molar-refractivity contribution is -0.127. The van der Waals surface area contributed by atoms with Gasteiger partial charge in [-0.2, -0.15) is 0 Å². The molecule has 72 valence electrons. The fraction of sp³-hybridized carbons (Fsp3) is 0.500. The second kappa shape index (κ2) is 2.40. The molecule has 0 bridgehead atoms. The molecule has 0 radical (unpaired) electrons. The maximum atomic E-state index is 11.3. The molecule has 0 unspecified atom stereocenters. The van der Waals surface area contributed by atoms with Crippen LogP contribution in [0.4, 0.5) is 0 Å². The lowest BCUT2D eigenvalue weighted by Crippen LogP contribution is -2.53. The second-order valence-electron chi connectivity index (χ2n) is 3.42. The summed E-state index contributed by atoms with van der Waals surface area (Å²) in [4.78, 5) is 34.0. The van der Waals surface area contributed by atoms with E-state index in [4.69, 9.17) is 0 Å². The minimum absolute atomic E-state index is 0.00157. The molecule has 3 rings (SSSR count). The van der Waals surface area contributed by atoms with Crippen molar-refractivity contribution in [2.75, 3.05) is 26.2 Å². The Morgan fingerprint density at radius 1 is 0.857 bits per heavy atom. The van der Waals surface area contributed by atoms with E-state index in [0.717, 1.165) is 0 Å². The van der Waals surface area contributed by atoms with Crippen LogP contribution >= 0.6 is 0 Å². The highest BCUT2D eigenvalue weighted by molar-refractivity contribution is 6.16. The Labute approximate surface area is 79.9 Å². The van der Waals surface area contributed by atoms with Crippen LogP contribution in [-0.2, 0) is 9.59 Å². The summed E-state index contributed by atoms with van der Waals surface area (Å²) >= 11 is 0. The lowest BCUT2D eigenvalue weighted by Gasteiger charge is -2.30. The standard InChI is InChI=1S/C8H8N4O2/c13-7-1-9-5-3-12-6(4-11(5)7)10-2-8(12)14/h1-4H2. The molecular formula is C8H8N4O2. The van der Waals surface area contributed by atoms with E-state index in [1.807, 2.05) is 0 Å². The molecule has 14 heavy (non-hydrogen) atoms. The first-order valence-corrected chi connectivity index (χ1v) is 4.43. The summed E-state index contributed by atoms with van der Waals surface area (Å²) in [5.41, 5.74) is 0. The van der Waals surface area contributed by atoms with Crippen LogP contribution in [0.1, 0.15) is 0 Å². The molecule has 0 aliphatic carbocycles.